The van der Waals surface area contributed by atoms with E-state index in [2.05, 4.69) is 4.90 Å². The van der Waals surface area contributed by atoms with Gasteiger partial charge in [-0.1, -0.05) is 12.1 Å². The van der Waals surface area contributed by atoms with Crippen LogP contribution in [0.1, 0.15) is 21.5 Å². The highest BCUT2D eigenvalue weighted by Gasteiger charge is 2.25. The Kier molecular flexibility index (Phi) is 4.75. The fourth-order valence-corrected chi connectivity index (χ4v) is 4.37. The molecular weight excluding hydrogens is 430 g/mol. The Labute approximate surface area is 186 Å². The largest absolute Gasteiger partial charge is 0.508 e. The van der Waals surface area contributed by atoms with Crippen LogP contribution in [0.3, 0.4) is 0 Å². The van der Waals surface area contributed by atoms with Crippen molar-refractivity contribution in [3.8, 4) is 22.6 Å². The molecule has 3 aromatic carbocycles. The minimum atomic E-state index is -1.51. The Morgan fingerprint density at radius 3 is 2.39 bits per heavy atom. The molecule has 4 aromatic rings. The Hall–Kier alpha value is -4.04. The number of aromatic nitrogens is 1. The Balaban J connectivity index is 1.84. The number of halogens is 2. The van der Waals surface area contributed by atoms with Crippen molar-refractivity contribution in [3.05, 3.63) is 93.3 Å². The van der Waals surface area contributed by atoms with E-state index in [1.807, 2.05) is 13.1 Å². The van der Waals surface area contributed by atoms with Crippen LogP contribution < -0.4 is 5.43 Å². The van der Waals surface area contributed by atoms with E-state index in [0.717, 1.165) is 29.9 Å². The lowest BCUT2D eigenvalue weighted by Gasteiger charge is -2.16. The molecular formula is C25H18F2N2O4. The number of aromatic carboxylic acids is 1. The summed E-state index contributed by atoms with van der Waals surface area (Å²) in [5, 5.41) is 18.7. The van der Waals surface area contributed by atoms with E-state index >= 15 is 8.78 Å². The lowest BCUT2D eigenvalue weighted by Crippen LogP contribution is -2.19. The summed E-state index contributed by atoms with van der Waals surface area (Å²) in [4.78, 5) is 26.5. The van der Waals surface area contributed by atoms with Crippen molar-refractivity contribution in [2.24, 2.45) is 0 Å². The quantitative estimate of drug-likeness (QED) is 0.489. The summed E-state index contributed by atoms with van der Waals surface area (Å²) < 4.78 is 32.4. The van der Waals surface area contributed by atoms with Gasteiger partial charge in [0.1, 0.15) is 17.1 Å². The molecule has 0 aliphatic carbocycles. The minimum Gasteiger partial charge on any atom is -0.508 e. The number of carbonyl (C=O) groups is 1. The maximum Gasteiger partial charge on any atom is 0.341 e. The molecule has 0 radical (unpaired) electrons. The number of carboxylic acid groups (broad SMARTS) is 1. The summed E-state index contributed by atoms with van der Waals surface area (Å²) in [6.07, 6.45) is 1.02. The molecule has 2 heterocycles. The molecule has 5 rings (SSSR count). The van der Waals surface area contributed by atoms with Crippen molar-refractivity contribution in [1.82, 2.24) is 9.47 Å². The van der Waals surface area contributed by atoms with Gasteiger partial charge in [-0.3, -0.25) is 9.69 Å². The van der Waals surface area contributed by atoms with Crippen molar-refractivity contribution in [3.63, 3.8) is 0 Å². The van der Waals surface area contributed by atoms with Crippen LogP contribution in [0.25, 0.3) is 27.7 Å². The number of hydrogen-bond donors (Lipinski definition) is 2. The Morgan fingerprint density at radius 2 is 1.70 bits per heavy atom. The second-order valence-electron chi connectivity index (χ2n) is 8.16. The van der Waals surface area contributed by atoms with E-state index in [1.54, 1.807) is 12.1 Å². The number of benzene rings is 3. The lowest BCUT2D eigenvalue weighted by atomic mass is 9.97. The number of aromatic hydroxyl groups is 1. The molecule has 0 atom stereocenters. The van der Waals surface area contributed by atoms with Crippen molar-refractivity contribution in [2.45, 2.75) is 13.1 Å². The fraction of sp³-hybridized carbons (Fsp3) is 0.120. The number of carboxylic acids is 1. The summed E-state index contributed by atoms with van der Waals surface area (Å²) in [6, 6.07) is 11.7. The maximum absolute atomic E-state index is 16.0. The highest BCUT2D eigenvalue weighted by Crippen LogP contribution is 2.35. The highest BCUT2D eigenvalue weighted by molar-refractivity contribution is 5.95. The average molecular weight is 448 g/mol. The van der Waals surface area contributed by atoms with E-state index in [0.29, 0.717) is 17.8 Å². The molecule has 1 aliphatic rings. The minimum absolute atomic E-state index is 0.0436. The third-order valence-electron chi connectivity index (χ3n) is 5.91. The first-order chi connectivity index (χ1) is 15.7. The summed E-state index contributed by atoms with van der Waals surface area (Å²) in [5.41, 5.74) is 0.524. The molecule has 33 heavy (non-hydrogen) atoms. The number of hydrogen-bond acceptors (Lipinski definition) is 4. The van der Waals surface area contributed by atoms with E-state index in [4.69, 9.17) is 0 Å². The third kappa shape index (κ3) is 3.35. The van der Waals surface area contributed by atoms with Gasteiger partial charge in [-0.2, -0.15) is 0 Å². The Bertz CT molecular complexity index is 1510. The van der Waals surface area contributed by atoms with Gasteiger partial charge in [0.15, 0.2) is 5.82 Å². The van der Waals surface area contributed by atoms with Crippen LogP contribution in [-0.2, 0) is 13.1 Å². The summed E-state index contributed by atoms with van der Waals surface area (Å²) in [7, 11) is 1.95. The number of rotatable bonds is 3. The molecule has 0 saturated heterocycles. The first kappa shape index (κ1) is 20.8. The predicted molar refractivity (Wildman–Crippen MR) is 119 cm³/mol. The summed E-state index contributed by atoms with van der Waals surface area (Å²) in [6.45, 7) is 1.40. The molecule has 2 N–H and O–H groups in total. The fourth-order valence-electron chi connectivity index (χ4n) is 4.37. The summed E-state index contributed by atoms with van der Waals surface area (Å²) >= 11 is 0. The zero-order valence-electron chi connectivity index (χ0n) is 17.5. The molecule has 1 aliphatic heterocycles. The molecule has 1 aromatic heterocycles. The molecule has 0 unspecified atom stereocenters. The van der Waals surface area contributed by atoms with E-state index in [-0.39, 0.29) is 22.2 Å². The van der Waals surface area contributed by atoms with E-state index in [1.165, 1.54) is 28.8 Å². The van der Waals surface area contributed by atoms with Crippen molar-refractivity contribution in [2.75, 3.05) is 7.05 Å². The van der Waals surface area contributed by atoms with Gasteiger partial charge in [0.25, 0.3) is 0 Å². The van der Waals surface area contributed by atoms with Crippen molar-refractivity contribution in [1.29, 1.82) is 0 Å². The molecule has 0 fully saturated rings. The predicted octanol–water partition coefficient (Wildman–Crippen LogP) is 4.29. The SMILES string of the molecule is CN1Cc2ccc(-c3c(F)cc4c(=O)c(C(=O)O)cn(-c5ccc(O)cc5)c4c3F)cc2C1. The molecule has 0 bridgehead atoms. The van der Waals surface area contributed by atoms with Crippen LogP contribution in [0.5, 0.6) is 5.75 Å². The number of nitrogens with zero attached hydrogens (tertiary/aromatic N) is 2. The summed E-state index contributed by atoms with van der Waals surface area (Å²) in [5.74, 6) is -3.48. The van der Waals surface area contributed by atoms with Gasteiger partial charge in [0.2, 0.25) is 5.43 Å². The maximum atomic E-state index is 16.0. The first-order valence-electron chi connectivity index (χ1n) is 10.2. The number of phenols is 1. The second kappa shape index (κ2) is 7.53. The molecule has 0 saturated carbocycles. The smallest absolute Gasteiger partial charge is 0.341 e. The molecule has 0 amide bonds. The zero-order chi connectivity index (χ0) is 23.4. The third-order valence-corrected chi connectivity index (χ3v) is 5.91. The number of pyridine rings is 1. The van der Waals surface area contributed by atoms with E-state index in [9.17, 15) is 19.8 Å². The van der Waals surface area contributed by atoms with Crippen LogP contribution in [0.2, 0.25) is 0 Å². The van der Waals surface area contributed by atoms with Crippen LogP contribution in [-0.4, -0.2) is 32.7 Å². The van der Waals surface area contributed by atoms with Gasteiger partial charge in [0, 0.05) is 25.0 Å². The zero-order valence-corrected chi connectivity index (χ0v) is 17.5. The van der Waals surface area contributed by atoms with Gasteiger partial charge in [-0.05, 0) is 60.1 Å². The van der Waals surface area contributed by atoms with Gasteiger partial charge < -0.3 is 14.8 Å². The van der Waals surface area contributed by atoms with Crippen LogP contribution in [0.4, 0.5) is 8.78 Å². The van der Waals surface area contributed by atoms with Crippen molar-refractivity contribution >= 4 is 16.9 Å². The topological polar surface area (TPSA) is 82.8 Å². The molecule has 0 spiro atoms. The molecule has 166 valence electrons. The van der Waals surface area contributed by atoms with Gasteiger partial charge >= 0.3 is 5.97 Å². The second-order valence-corrected chi connectivity index (χ2v) is 8.16. The standard InChI is InChI=1S/C25H18F2N2O4/c1-28-10-14-3-2-13(8-15(14)11-28)21-20(26)9-18-23(22(21)27)29(12-19(24(18)31)25(32)33)16-4-6-17(30)7-5-16/h2-9,12,30H,10-11H2,1H3,(H,32,33). The number of fused-ring (bicyclic) bond motifs is 2. The Morgan fingerprint density at radius 1 is 1.00 bits per heavy atom. The lowest BCUT2D eigenvalue weighted by molar-refractivity contribution is 0.0695. The number of phenolic OH excluding ortho intramolecular Hbond substituents is 1. The van der Waals surface area contributed by atoms with Crippen LogP contribution in [0, 0.1) is 11.6 Å². The van der Waals surface area contributed by atoms with Gasteiger partial charge in [-0.25, -0.2) is 13.6 Å². The first-order valence-corrected chi connectivity index (χ1v) is 10.2. The monoisotopic (exact) mass is 448 g/mol. The highest BCUT2D eigenvalue weighted by atomic mass is 19.1. The van der Waals surface area contributed by atoms with Gasteiger partial charge in [0.05, 0.1) is 16.5 Å². The van der Waals surface area contributed by atoms with Gasteiger partial charge in [-0.15, -0.1) is 0 Å². The molecule has 6 nitrogen and oxygen atoms in total. The van der Waals surface area contributed by atoms with E-state index < -0.39 is 28.6 Å². The van der Waals surface area contributed by atoms with Crippen LogP contribution in [0.15, 0.2) is 59.5 Å². The average Bonchev–Trinajstić information content (AvgIpc) is 3.14. The normalized spacial score (nSPS) is 13.4. The van der Waals surface area contributed by atoms with Crippen LogP contribution >= 0.6 is 0 Å². The van der Waals surface area contributed by atoms with Crippen molar-refractivity contribution < 1.29 is 23.8 Å². The molecule has 8 heteroatoms.